The van der Waals surface area contributed by atoms with Crippen molar-refractivity contribution < 1.29 is 0 Å². The number of aromatic nitrogens is 1. The van der Waals surface area contributed by atoms with Crippen molar-refractivity contribution in [2.75, 3.05) is 4.90 Å². The summed E-state index contributed by atoms with van der Waals surface area (Å²) in [6, 6.07) is 13.5. The monoisotopic (exact) mass is 267 g/mol. The number of rotatable bonds is 3. The fraction of sp³-hybridized carbons (Fsp3) is 0.353. The molecule has 1 aromatic heterocycles. The smallest absolute Gasteiger partial charge is 0.133 e. The maximum Gasteiger partial charge on any atom is 0.133 e. The SMILES string of the molecule is CC(N)Cc1ccc(N2c3ccccc3CC2C)nc1. The van der Waals surface area contributed by atoms with Gasteiger partial charge in [-0.2, -0.15) is 0 Å². The molecule has 3 heteroatoms. The third-order valence-corrected chi connectivity index (χ3v) is 3.82. The molecule has 3 rings (SSSR count). The highest BCUT2D eigenvalue weighted by Gasteiger charge is 2.27. The quantitative estimate of drug-likeness (QED) is 0.929. The maximum atomic E-state index is 5.83. The van der Waals surface area contributed by atoms with Gasteiger partial charge >= 0.3 is 0 Å². The van der Waals surface area contributed by atoms with Gasteiger partial charge in [-0.1, -0.05) is 24.3 Å². The lowest BCUT2D eigenvalue weighted by Gasteiger charge is -2.24. The third-order valence-electron chi connectivity index (χ3n) is 3.82. The van der Waals surface area contributed by atoms with Gasteiger partial charge in [0.2, 0.25) is 0 Å². The van der Waals surface area contributed by atoms with Crippen LogP contribution < -0.4 is 10.6 Å². The van der Waals surface area contributed by atoms with Crippen LogP contribution in [0.5, 0.6) is 0 Å². The Morgan fingerprint density at radius 1 is 1.30 bits per heavy atom. The van der Waals surface area contributed by atoms with E-state index in [-0.39, 0.29) is 6.04 Å². The van der Waals surface area contributed by atoms with Crippen molar-refractivity contribution in [1.29, 1.82) is 0 Å². The van der Waals surface area contributed by atoms with E-state index in [0.29, 0.717) is 6.04 Å². The van der Waals surface area contributed by atoms with E-state index in [1.54, 1.807) is 0 Å². The molecule has 0 aliphatic carbocycles. The fourth-order valence-electron chi connectivity index (χ4n) is 2.97. The second-order valence-corrected chi connectivity index (χ2v) is 5.76. The van der Waals surface area contributed by atoms with E-state index in [2.05, 4.69) is 53.2 Å². The Morgan fingerprint density at radius 3 is 2.80 bits per heavy atom. The van der Waals surface area contributed by atoms with E-state index in [9.17, 15) is 0 Å². The van der Waals surface area contributed by atoms with E-state index in [4.69, 9.17) is 5.73 Å². The van der Waals surface area contributed by atoms with E-state index in [1.165, 1.54) is 16.8 Å². The molecule has 0 amide bonds. The molecule has 0 saturated heterocycles. The highest BCUT2D eigenvalue weighted by Crippen LogP contribution is 2.36. The lowest BCUT2D eigenvalue weighted by Crippen LogP contribution is -2.25. The van der Waals surface area contributed by atoms with Crippen molar-refractivity contribution in [2.45, 2.75) is 38.8 Å². The van der Waals surface area contributed by atoms with Crippen molar-refractivity contribution in [3.63, 3.8) is 0 Å². The number of fused-ring (bicyclic) bond motifs is 1. The molecule has 1 aromatic carbocycles. The molecule has 2 aromatic rings. The second kappa shape index (κ2) is 5.25. The van der Waals surface area contributed by atoms with Gasteiger partial charge < -0.3 is 10.6 Å². The first-order valence-corrected chi connectivity index (χ1v) is 7.23. The minimum absolute atomic E-state index is 0.175. The molecule has 2 unspecified atom stereocenters. The molecule has 0 saturated carbocycles. The summed E-state index contributed by atoms with van der Waals surface area (Å²) in [7, 11) is 0. The zero-order valence-electron chi connectivity index (χ0n) is 12.1. The summed E-state index contributed by atoms with van der Waals surface area (Å²) in [6.45, 7) is 4.27. The molecule has 2 atom stereocenters. The first kappa shape index (κ1) is 13.1. The molecule has 1 aliphatic rings. The van der Waals surface area contributed by atoms with Crippen LogP contribution in [0.4, 0.5) is 11.5 Å². The van der Waals surface area contributed by atoms with Gasteiger partial charge in [0.25, 0.3) is 0 Å². The summed E-state index contributed by atoms with van der Waals surface area (Å²) in [5, 5.41) is 0. The summed E-state index contributed by atoms with van der Waals surface area (Å²) in [6.07, 6.45) is 3.91. The van der Waals surface area contributed by atoms with Crippen LogP contribution in [-0.4, -0.2) is 17.1 Å². The summed E-state index contributed by atoms with van der Waals surface area (Å²) < 4.78 is 0. The standard InChI is InChI=1S/C17H21N3/c1-12(18)9-14-7-8-17(19-11-14)20-13(2)10-15-5-3-4-6-16(15)20/h3-8,11-13H,9-10,18H2,1-2H3. The van der Waals surface area contributed by atoms with E-state index < -0.39 is 0 Å². The van der Waals surface area contributed by atoms with E-state index in [0.717, 1.165) is 18.7 Å². The topological polar surface area (TPSA) is 42.1 Å². The van der Waals surface area contributed by atoms with Crippen LogP contribution in [0.1, 0.15) is 25.0 Å². The third kappa shape index (κ3) is 2.41. The Hall–Kier alpha value is -1.87. The Bertz CT molecular complexity index is 589. The van der Waals surface area contributed by atoms with Gasteiger partial charge in [-0.15, -0.1) is 0 Å². The number of benzene rings is 1. The molecule has 2 N–H and O–H groups in total. The molecule has 0 fully saturated rings. The number of pyridine rings is 1. The van der Waals surface area contributed by atoms with Gasteiger partial charge in [0, 0.05) is 24.0 Å². The van der Waals surface area contributed by atoms with Gasteiger partial charge in [-0.3, -0.25) is 0 Å². The van der Waals surface area contributed by atoms with Crippen molar-refractivity contribution in [3.05, 3.63) is 53.7 Å². The van der Waals surface area contributed by atoms with Crippen LogP contribution in [0.3, 0.4) is 0 Å². The van der Waals surface area contributed by atoms with Crippen molar-refractivity contribution in [3.8, 4) is 0 Å². The number of anilines is 2. The van der Waals surface area contributed by atoms with Gasteiger partial charge in [-0.25, -0.2) is 4.98 Å². The van der Waals surface area contributed by atoms with Gasteiger partial charge in [0.15, 0.2) is 0 Å². The summed E-state index contributed by atoms with van der Waals surface area (Å²) in [4.78, 5) is 6.96. The zero-order valence-corrected chi connectivity index (χ0v) is 12.1. The Balaban J connectivity index is 1.89. The average molecular weight is 267 g/mol. The number of nitrogens with two attached hydrogens (primary N) is 1. The maximum absolute atomic E-state index is 5.83. The number of para-hydroxylation sites is 1. The number of hydrogen-bond acceptors (Lipinski definition) is 3. The molecule has 0 radical (unpaired) electrons. The molecule has 104 valence electrons. The van der Waals surface area contributed by atoms with Crippen LogP contribution in [-0.2, 0) is 12.8 Å². The Morgan fingerprint density at radius 2 is 2.10 bits per heavy atom. The van der Waals surface area contributed by atoms with E-state index in [1.807, 2.05) is 13.1 Å². The predicted molar refractivity (Wildman–Crippen MR) is 83.3 cm³/mol. The lowest BCUT2D eigenvalue weighted by molar-refractivity contribution is 0.730. The molecule has 20 heavy (non-hydrogen) atoms. The van der Waals surface area contributed by atoms with Crippen LogP contribution in [0, 0.1) is 0 Å². The summed E-state index contributed by atoms with van der Waals surface area (Å²) in [5.74, 6) is 1.02. The molecule has 1 aliphatic heterocycles. The lowest BCUT2D eigenvalue weighted by atomic mass is 10.1. The Kier molecular flexibility index (Phi) is 3.45. The first-order valence-electron chi connectivity index (χ1n) is 7.23. The summed E-state index contributed by atoms with van der Waals surface area (Å²) >= 11 is 0. The largest absolute Gasteiger partial charge is 0.328 e. The average Bonchev–Trinajstić information content (AvgIpc) is 2.75. The minimum atomic E-state index is 0.175. The summed E-state index contributed by atoms with van der Waals surface area (Å²) in [5.41, 5.74) is 9.72. The zero-order chi connectivity index (χ0) is 14.1. The van der Waals surface area contributed by atoms with Crippen molar-refractivity contribution >= 4 is 11.5 Å². The van der Waals surface area contributed by atoms with Gasteiger partial charge in [0.05, 0.1) is 0 Å². The molecule has 2 heterocycles. The molecule has 0 bridgehead atoms. The molecule has 0 spiro atoms. The molecular formula is C17H21N3. The van der Waals surface area contributed by atoms with Crippen molar-refractivity contribution in [1.82, 2.24) is 4.98 Å². The first-order chi connectivity index (χ1) is 9.65. The van der Waals surface area contributed by atoms with Gasteiger partial charge in [-0.05, 0) is 49.9 Å². The van der Waals surface area contributed by atoms with Crippen LogP contribution in [0.2, 0.25) is 0 Å². The highest BCUT2D eigenvalue weighted by atomic mass is 15.2. The Labute approximate surface area is 120 Å². The molecular weight excluding hydrogens is 246 g/mol. The molecule has 3 nitrogen and oxygen atoms in total. The van der Waals surface area contributed by atoms with Gasteiger partial charge in [0.1, 0.15) is 5.82 Å². The van der Waals surface area contributed by atoms with Crippen LogP contribution in [0.15, 0.2) is 42.6 Å². The van der Waals surface area contributed by atoms with Crippen LogP contribution in [0.25, 0.3) is 0 Å². The second-order valence-electron chi connectivity index (χ2n) is 5.76. The number of hydrogen-bond donors (Lipinski definition) is 1. The van der Waals surface area contributed by atoms with E-state index >= 15 is 0 Å². The fourth-order valence-corrected chi connectivity index (χ4v) is 2.97. The number of nitrogens with zero attached hydrogens (tertiary/aromatic N) is 2. The minimum Gasteiger partial charge on any atom is -0.328 e. The predicted octanol–water partition coefficient (Wildman–Crippen LogP) is 3.05. The van der Waals surface area contributed by atoms with Crippen LogP contribution >= 0.6 is 0 Å². The van der Waals surface area contributed by atoms with Crippen molar-refractivity contribution in [2.24, 2.45) is 5.73 Å². The normalized spacial score (nSPS) is 18.9. The highest BCUT2D eigenvalue weighted by molar-refractivity contribution is 5.68.